The summed E-state index contributed by atoms with van der Waals surface area (Å²) in [5.41, 5.74) is -1.66. The lowest BCUT2D eigenvalue weighted by Gasteiger charge is -2.32. The van der Waals surface area contributed by atoms with Crippen LogP contribution in [0.4, 0.5) is 4.39 Å². The second-order valence-electron chi connectivity index (χ2n) is 5.63. The Hall–Kier alpha value is -1.47. The molecule has 0 spiro atoms. The maximum atomic E-state index is 14.5. The zero-order valence-electron chi connectivity index (χ0n) is 13.3. The number of halogens is 1. The van der Waals surface area contributed by atoms with Crippen molar-refractivity contribution in [1.29, 1.82) is 0 Å². The molecule has 1 rings (SSSR count). The van der Waals surface area contributed by atoms with Crippen molar-refractivity contribution in [2.24, 2.45) is 4.99 Å². The molecule has 0 N–H and O–H groups in total. The first-order valence-corrected chi connectivity index (χ1v) is 6.54. The summed E-state index contributed by atoms with van der Waals surface area (Å²) in [6.07, 6.45) is 1.26. The molecule has 0 aromatic heterocycles. The molecule has 1 heterocycles. The van der Waals surface area contributed by atoms with Crippen LogP contribution in [0.5, 0.6) is 0 Å². The topological polar surface area (TPSA) is 57.1 Å². The first kappa shape index (κ1) is 17.6. The lowest BCUT2D eigenvalue weighted by Crippen LogP contribution is -2.41. The fraction of sp³-hybridized carbons (Fsp3) is 0.571. The van der Waals surface area contributed by atoms with Crippen molar-refractivity contribution in [3.05, 3.63) is 24.0 Å². The molecule has 1 aliphatic rings. The Morgan fingerprint density at radius 1 is 1.29 bits per heavy atom. The van der Waals surface area contributed by atoms with Crippen molar-refractivity contribution in [1.82, 2.24) is 0 Å². The monoisotopic (exact) mass is 297 g/mol. The van der Waals surface area contributed by atoms with E-state index in [2.05, 4.69) is 16.3 Å². The molecule has 1 fully saturated rings. The second-order valence-corrected chi connectivity index (χ2v) is 5.63. The highest BCUT2D eigenvalue weighted by molar-refractivity contribution is 6.58. The van der Waals surface area contributed by atoms with E-state index in [1.165, 1.54) is 13.1 Å². The molecule has 5 nitrogen and oxygen atoms in total. The Kier molecular flexibility index (Phi) is 5.12. The number of rotatable bonds is 4. The number of carbonyl (C=O) groups is 1. The summed E-state index contributed by atoms with van der Waals surface area (Å²) in [4.78, 5) is 15.2. The van der Waals surface area contributed by atoms with E-state index in [1.54, 1.807) is 0 Å². The van der Waals surface area contributed by atoms with Gasteiger partial charge in [0.25, 0.3) is 0 Å². The molecule has 0 aromatic carbocycles. The predicted molar refractivity (Wildman–Crippen MR) is 79.8 cm³/mol. The van der Waals surface area contributed by atoms with Crippen molar-refractivity contribution < 1.29 is 23.2 Å². The van der Waals surface area contributed by atoms with Gasteiger partial charge < -0.3 is 14.0 Å². The summed E-state index contributed by atoms with van der Waals surface area (Å²) in [6, 6.07) is 0. The lowest BCUT2D eigenvalue weighted by molar-refractivity contribution is -0.132. The molecule has 1 aliphatic heterocycles. The Balaban J connectivity index is 3.23. The van der Waals surface area contributed by atoms with Gasteiger partial charge in [0.2, 0.25) is 0 Å². The summed E-state index contributed by atoms with van der Waals surface area (Å²) < 4.78 is 30.5. The molecule has 0 aliphatic carbocycles. The van der Waals surface area contributed by atoms with Crippen molar-refractivity contribution in [2.75, 3.05) is 14.2 Å². The lowest BCUT2D eigenvalue weighted by atomic mass is 9.77. The van der Waals surface area contributed by atoms with Crippen LogP contribution < -0.4 is 0 Å². The zero-order chi connectivity index (χ0) is 16.4. The Bertz CT molecular complexity index is 495. The maximum absolute atomic E-state index is 14.5. The van der Waals surface area contributed by atoms with Crippen LogP contribution in [0.25, 0.3) is 0 Å². The number of esters is 1. The van der Waals surface area contributed by atoms with E-state index in [0.717, 1.165) is 7.11 Å². The van der Waals surface area contributed by atoms with Crippen LogP contribution in [0, 0.1) is 0 Å². The molecule has 116 valence electrons. The normalized spacial score (nSPS) is 21.9. The summed E-state index contributed by atoms with van der Waals surface area (Å²) in [5, 5.41) is 0. The van der Waals surface area contributed by atoms with E-state index in [1.807, 2.05) is 27.7 Å². The van der Waals surface area contributed by atoms with Crippen LogP contribution in [0.15, 0.2) is 28.9 Å². The van der Waals surface area contributed by atoms with Crippen molar-refractivity contribution in [3.63, 3.8) is 0 Å². The first-order chi connectivity index (χ1) is 9.61. The van der Waals surface area contributed by atoms with Crippen molar-refractivity contribution >= 4 is 18.8 Å². The summed E-state index contributed by atoms with van der Waals surface area (Å²) >= 11 is 0. The van der Waals surface area contributed by atoms with Crippen molar-refractivity contribution in [2.45, 2.75) is 38.9 Å². The molecule has 21 heavy (non-hydrogen) atoms. The minimum Gasteiger partial charge on any atom is -0.464 e. The highest BCUT2D eigenvalue weighted by Gasteiger charge is 2.53. The maximum Gasteiger partial charge on any atom is 0.497 e. The highest BCUT2D eigenvalue weighted by Crippen LogP contribution is 2.39. The summed E-state index contributed by atoms with van der Waals surface area (Å²) in [5.74, 6) is -1.73. The van der Waals surface area contributed by atoms with Crippen molar-refractivity contribution in [3.8, 4) is 0 Å². The van der Waals surface area contributed by atoms with Gasteiger partial charge in [-0.15, -0.1) is 0 Å². The van der Waals surface area contributed by atoms with Gasteiger partial charge in [0.1, 0.15) is 0 Å². The first-order valence-electron chi connectivity index (χ1n) is 6.54. The fourth-order valence-electron chi connectivity index (χ4n) is 1.77. The van der Waals surface area contributed by atoms with Crippen LogP contribution in [0.2, 0.25) is 0 Å². The summed E-state index contributed by atoms with van der Waals surface area (Å²) in [6.45, 7) is 11.0. The molecule has 0 atom stereocenters. The van der Waals surface area contributed by atoms with E-state index in [4.69, 9.17) is 9.31 Å². The predicted octanol–water partition coefficient (Wildman–Crippen LogP) is 2.27. The number of aliphatic imine (C=N–C) groups is 1. The van der Waals surface area contributed by atoms with Gasteiger partial charge in [0, 0.05) is 12.5 Å². The third-order valence-electron chi connectivity index (χ3n) is 3.79. The largest absolute Gasteiger partial charge is 0.497 e. The minimum atomic E-state index is -0.964. The molecule has 0 unspecified atom stereocenters. The van der Waals surface area contributed by atoms with Crippen LogP contribution in [0.1, 0.15) is 27.7 Å². The van der Waals surface area contributed by atoms with Gasteiger partial charge in [0.05, 0.1) is 18.3 Å². The number of nitrogens with zero attached hydrogens (tertiary/aromatic N) is 1. The third-order valence-corrected chi connectivity index (χ3v) is 3.79. The number of methoxy groups -OCH3 is 1. The van der Waals surface area contributed by atoms with E-state index in [0.29, 0.717) is 0 Å². The zero-order valence-corrected chi connectivity index (χ0v) is 13.3. The van der Waals surface area contributed by atoms with E-state index >= 15 is 0 Å². The Labute approximate surface area is 125 Å². The van der Waals surface area contributed by atoms with Gasteiger partial charge in [0.15, 0.2) is 11.5 Å². The molecule has 0 radical (unpaired) electrons. The number of hydrogen-bond acceptors (Lipinski definition) is 5. The quantitative estimate of drug-likeness (QED) is 0.346. The molecule has 0 bridgehead atoms. The van der Waals surface area contributed by atoms with E-state index in [9.17, 15) is 9.18 Å². The van der Waals surface area contributed by atoms with Gasteiger partial charge in [-0.1, -0.05) is 12.7 Å². The number of ether oxygens (including phenoxy) is 1. The average Bonchev–Trinajstić information content (AvgIpc) is 2.59. The molecule has 7 heteroatoms. The standard InChI is InChI=1S/C14H21BFNO4/c1-8-9(10(16)11(17-6)12(18)19-7)15-20-13(2,3)14(4,5)21-15/h8H,1H2,2-7H3/b10-9-,17-11?. The van der Waals surface area contributed by atoms with Gasteiger partial charge in [-0.3, -0.25) is 4.99 Å². The summed E-state index contributed by atoms with van der Waals surface area (Å²) in [7, 11) is 1.49. The molecular weight excluding hydrogens is 276 g/mol. The fourth-order valence-corrected chi connectivity index (χ4v) is 1.77. The van der Waals surface area contributed by atoms with E-state index in [-0.39, 0.29) is 5.47 Å². The number of carbonyl (C=O) groups excluding carboxylic acids is 1. The van der Waals surface area contributed by atoms with Crippen LogP contribution in [0.3, 0.4) is 0 Å². The molecule has 0 amide bonds. The average molecular weight is 297 g/mol. The molecule has 0 saturated carbocycles. The van der Waals surface area contributed by atoms with Gasteiger partial charge >= 0.3 is 13.1 Å². The molecule has 1 saturated heterocycles. The van der Waals surface area contributed by atoms with Gasteiger partial charge in [-0.25, -0.2) is 9.18 Å². The molecule has 0 aromatic rings. The smallest absolute Gasteiger partial charge is 0.464 e. The van der Waals surface area contributed by atoms with Crippen LogP contribution >= 0.6 is 0 Å². The number of hydrogen-bond donors (Lipinski definition) is 0. The Morgan fingerprint density at radius 3 is 2.10 bits per heavy atom. The molecular formula is C14H21BFNO4. The SMILES string of the molecule is C=C/C(B1OC(C)(C)C(C)(C)O1)=C(/F)C(=NC)C(=O)OC. The van der Waals surface area contributed by atoms with Crippen LogP contribution in [-0.4, -0.2) is 44.2 Å². The van der Waals surface area contributed by atoms with Gasteiger partial charge in [-0.05, 0) is 27.7 Å². The van der Waals surface area contributed by atoms with E-state index < -0.39 is 35.8 Å². The minimum absolute atomic E-state index is 0.0136. The van der Waals surface area contributed by atoms with Crippen LogP contribution in [-0.2, 0) is 18.8 Å². The third kappa shape index (κ3) is 3.24. The second kappa shape index (κ2) is 6.11. The van der Waals surface area contributed by atoms with Gasteiger partial charge in [-0.2, -0.15) is 0 Å². The highest BCUT2D eigenvalue weighted by atomic mass is 19.1. The number of allylic oxidation sites excluding steroid dienone is 2. The Morgan fingerprint density at radius 2 is 1.76 bits per heavy atom.